The predicted octanol–water partition coefficient (Wildman–Crippen LogP) is 3.17. The lowest BCUT2D eigenvalue weighted by Gasteiger charge is -2.18. The van der Waals surface area contributed by atoms with Crippen LogP contribution in [0.4, 0.5) is 5.82 Å². The van der Waals surface area contributed by atoms with Gasteiger partial charge in [-0.1, -0.05) is 32.0 Å². The molecule has 0 unspecified atom stereocenters. The lowest BCUT2D eigenvalue weighted by molar-refractivity contribution is 0.458. The van der Waals surface area contributed by atoms with Crippen LogP contribution in [0.3, 0.4) is 0 Å². The van der Waals surface area contributed by atoms with Gasteiger partial charge >= 0.3 is 0 Å². The van der Waals surface area contributed by atoms with E-state index in [2.05, 4.69) is 49.4 Å². The Hall–Kier alpha value is -1.51. The van der Waals surface area contributed by atoms with E-state index in [1.807, 2.05) is 7.05 Å². The normalized spacial score (nSPS) is 12.0. The summed E-state index contributed by atoms with van der Waals surface area (Å²) in [6, 6.07) is 6.24. The molecule has 80 valence electrons. The maximum absolute atomic E-state index is 5.26. The highest BCUT2D eigenvalue weighted by Crippen LogP contribution is 2.29. The molecule has 2 rings (SSSR count). The van der Waals surface area contributed by atoms with Crippen LogP contribution in [0.2, 0.25) is 0 Å². The third-order valence-corrected chi connectivity index (χ3v) is 2.57. The second-order valence-electron chi connectivity index (χ2n) is 4.74. The van der Waals surface area contributed by atoms with Crippen molar-refractivity contribution >= 4 is 16.8 Å². The Morgan fingerprint density at radius 1 is 1.27 bits per heavy atom. The lowest BCUT2D eigenvalue weighted by atomic mass is 9.87. The molecular formula is C12H16N2O. The van der Waals surface area contributed by atoms with E-state index in [1.54, 1.807) is 0 Å². The van der Waals surface area contributed by atoms with Gasteiger partial charge in [0.1, 0.15) is 0 Å². The van der Waals surface area contributed by atoms with Crippen molar-refractivity contribution in [1.29, 1.82) is 0 Å². The summed E-state index contributed by atoms with van der Waals surface area (Å²) in [5.74, 6) is 0.797. The molecule has 3 heteroatoms. The molecule has 0 radical (unpaired) electrons. The summed E-state index contributed by atoms with van der Waals surface area (Å²) in [6.45, 7) is 6.55. The van der Waals surface area contributed by atoms with Crippen LogP contribution in [0.5, 0.6) is 0 Å². The predicted molar refractivity (Wildman–Crippen MR) is 62.3 cm³/mol. The third kappa shape index (κ3) is 1.69. The van der Waals surface area contributed by atoms with E-state index >= 15 is 0 Å². The van der Waals surface area contributed by atoms with Crippen molar-refractivity contribution in [3.8, 4) is 0 Å². The van der Waals surface area contributed by atoms with Gasteiger partial charge in [-0.3, -0.25) is 0 Å². The van der Waals surface area contributed by atoms with E-state index in [4.69, 9.17) is 4.52 Å². The maximum atomic E-state index is 5.26. The SMILES string of the molecule is CNc1noc2cc(C(C)(C)C)ccc12. The Morgan fingerprint density at radius 3 is 2.60 bits per heavy atom. The molecule has 3 nitrogen and oxygen atoms in total. The molecule has 1 aromatic heterocycles. The summed E-state index contributed by atoms with van der Waals surface area (Å²) >= 11 is 0. The first-order valence-electron chi connectivity index (χ1n) is 5.10. The minimum Gasteiger partial charge on any atom is -0.370 e. The van der Waals surface area contributed by atoms with Crippen molar-refractivity contribution in [2.75, 3.05) is 12.4 Å². The van der Waals surface area contributed by atoms with E-state index in [0.717, 1.165) is 16.8 Å². The largest absolute Gasteiger partial charge is 0.370 e. The number of anilines is 1. The fourth-order valence-corrected chi connectivity index (χ4v) is 1.58. The van der Waals surface area contributed by atoms with Crippen LogP contribution < -0.4 is 5.32 Å². The number of hydrogen-bond donors (Lipinski definition) is 1. The fourth-order valence-electron chi connectivity index (χ4n) is 1.58. The van der Waals surface area contributed by atoms with Gasteiger partial charge in [-0.05, 0) is 23.1 Å². The Morgan fingerprint density at radius 2 is 2.00 bits per heavy atom. The molecule has 1 heterocycles. The van der Waals surface area contributed by atoms with Crippen molar-refractivity contribution in [3.05, 3.63) is 23.8 Å². The van der Waals surface area contributed by atoms with Gasteiger partial charge < -0.3 is 9.84 Å². The molecule has 0 saturated carbocycles. The summed E-state index contributed by atoms with van der Waals surface area (Å²) in [7, 11) is 1.84. The van der Waals surface area contributed by atoms with Crippen LogP contribution in [-0.4, -0.2) is 12.2 Å². The number of fused-ring (bicyclic) bond motifs is 1. The first-order chi connectivity index (χ1) is 7.02. The quantitative estimate of drug-likeness (QED) is 0.775. The molecule has 1 N–H and O–H groups in total. The lowest BCUT2D eigenvalue weighted by Crippen LogP contribution is -2.10. The molecule has 1 aromatic carbocycles. The summed E-state index contributed by atoms with van der Waals surface area (Å²) < 4.78 is 5.26. The average molecular weight is 204 g/mol. The summed E-state index contributed by atoms with van der Waals surface area (Å²) in [4.78, 5) is 0. The van der Waals surface area contributed by atoms with Crippen LogP contribution in [-0.2, 0) is 5.41 Å². The number of hydrogen-bond acceptors (Lipinski definition) is 3. The van der Waals surface area contributed by atoms with E-state index < -0.39 is 0 Å². The number of nitrogens with zero attached hydrogens (tertiary/aromatic N) is 1. The molecule has 0 atom stereocenters. The topological polar surface area (TPSA) is 38.1 Å². The van der Waals surface area contributed by atoms with Gasteiger partial charge in [0.25, 0.3) is 0 Å². The third-order valence-electron chi connectivity index (χ3n) is 2.57. The van der Waals surface area contributed by atoms with Gasteiger partial charge in [0.05, 0.1) is 5.39 Å². The van der Waals surface area contributed by atoms with Crippen molar-refractivity contribution in [2.45, 2.75) is 26.2 Å². The number of nitrogens with one attached hydrogen (secondary N) is 1. The average Bonchev–Trinajstić information content (AvgIpc) is 2.58. The van der Waals surface area contributed by atoms with E-state index in [0.29, 0.717) is 0 Å². The summed E-state index contributed by atoms with van der Waals surface area (Å²) in [6.07, 6.45) is 0. The molecule has 0 bridgehead atoms. The standard InChI is InChI=1S/C12H16N2O/c1-12(2,3)8-5-6-9-10(7-8)15-14-11(9)13-4/h5-7H,1-4H3,(H,13,14). The Bertz CT molecular complexity index is 480. The van der Waals surface area contributed by atoms with Gasteiger partial charge in [-0.25, -0.2) is 0 Å². The zero-order valence-corrected chi connectivity index (χ0v) is 9.59. The Labute approximate surface area is 89.5 Å². The number of aromatic nitrogens is 1. The Balaban J connectivity index is 2.58. The summed E-state index contributed by atoms with van der Waals surface area (Å²) in [5.41, 5.74) is 2.24. The van der Waals surface area contributed by atoms with E-state index in [1.165, 1.54) is 5.56 Å². The molecule has 0 amide bonds. The molecule has 0 aliphatic rings. The zero-order chi connectivity index (χ0) is 11.1. The highest BCUT2D eigenvalue weighted by atomic mass is 16.5. The molecule has 0 saturated heterocycles. The second kappa shape index (κ2) is 3.26. The fraction of sp³-hybridized carbons (Fsp3) is 0.417. The van der Waals surface area contributed by atoms with Gasteiger partial charge in [-0.15, -0.1) is 0 Å². The monoisotopic (exact) mass is 204 g/mol. The molecule has 0 aliphatic heterocycles. The van der Waals surface area contributed by atoms with Crippen LogP contribution in [0.15, 0.2) is 22.7 Å². The smallest absolute Gasteiger partial charge is 0.177 e. The molecular weight excluding hydrogens is 188 g/mol. The highest BCUT2D eigenvalue weighted by Gasteiger charge is 2.16. The van der Waals surface area contributed by atoms with E-state index in [9.17, 15) is 0 Å². The maximum Gasteiger partial charge on any atom is 0.177 e. The van der Waals surface area contributed by atoms with E-state index in [-0.39, 0.29) is 5.41 Å². The Kier molecular flexibility index (Phi) is 2.18. The van der Waals surface area contributed by atoms with Gasteiger partial charge in [-0.2, -0.15) is 0 Å². The first kappa shape index (κ1) is 10.0. The first-order valence-corrected chi connectivity index (χ1v) is 5.10. The van der Waals surface area contributed by atoms with Crippen molar-refractivity contribution < 1.29 is 4.52 Å². The van der Waals surface area contributed by atoms with Gasteiger partial charge in [0.15, 0.2) is 11.4 Å². The zero-order valence-electron chi connectivity index (χ0n) is 9.59. The van der Waals surface area contributed by atoms with Crippen LogP contribution in [0.1, 0.15) is 26.3 Å². The van der Waals surface area contributed by atoms with Crippen LogP contribution in [0.25, 0.3) is 11.0 Å². The van der Waals surface area contributed by atoms with Gasteiger partial charge in [0.2, 0.25) is 0 Å². The van der Waals surface area contributed by atoms with Crippen molar-refractivity contribution in [1.82, 2.24) is 5.16 Å². The second-order valence-corrected chi connectivity index (χ2v) is 4.74. The van der Waals surface area contributed by atoms with Crippen molar-refractivity contribution in [3.63, 3.8) is 0 Å². The van der Waals surface area contributed by atoms with Gasteiger partial charge in [0, 0.05) is 7.05 Å². The van der Waals surface area contributed by atoms with Crippen LogP contribution >= 0.6 is 0 Å². The molecule has 0 aliphatic carbocycles. The van der Waals surface area contributed by atoms with Crippen LogP contribution in [0, 0.1) is 0 Å². The number of benzene rings is 1. The molecule has 0 spiro atoms. The molecule has 15 heavy (non-hydrogen) atoms. The minimum absolute atomic E-state index is 0.140. The molecule has 2 aromatic rings. The minimum atomic E-state index is 0.140. The number of rotatable bonds is 1. The summed E-state index contributed by atoms with van der Waals surface area (Å²) in [5, 5.41) is 7.99. The molecule has 0 fully saturated rings. The highest BCUT2D eigenvalue weighted by molar-refractivity contribution is 5.88. The van der Waals surface area contributed by atoms with Crippen molar-refractivity contribution in [2.24, 2.45) is 0 Å².